The van der Waals surface area contributed by atoms with Crippen LogP contribution in [0.4, 0.5) is 0 Å². The molecule has 14 heavy (non-hydrogen) atoms. The van der Waals surface area contributed by atoms with Crippen LogP contribution in [0.3, 0.4) is 0 Å². The van der Waals surface area contributed by atoms with E-state index in [9.17, 15) is 4.79 Å². The summed E-state index contributed by atoms with van der Waals surface area (Å²) >= 11 is 0. The number of nitrogens with one attached hydrogen (secondary N) is 1. The molecule has 0 aliphatic heterocycles. The van der Waals surface area contributed by atoms with Crippen LogP contribution in [0.25, 0.3) is 0 Å². The number of hydrogen-bond acceptors (Lipinski definition) is 3. The van der Waals surface area contributed by atoms with E-state index in [0.717, 1.165) is 12.8 Å². The zero-order valence-corrected chi connectivity index (χ0v) is 7.99. The van der Waals surface area contributed by atoms with Crippen LogP contribution in [-0.2, 0) is 0 Å². The second-order valence-electron chi connectivity index (χ2n) is 3.27. The minimum Gasteiger partial charge on any atom is -0.489 e. The lowest BCUT2D eigenvalue weighted by Gasteiger charge is -2.08. The van der Waals surface area contributed by atoms with Gasteiger partial charge in [-0.1, -0.05) is 0 Å². The topological polar surface area (TPSA) is 51.2 Å². The van der Waals surface area contributed by atoms with Gasteiger partial charge in [0.1, 0.15) is 5.75 Å². The van der Waals surface area contributed by atoms with Gasteiger partial charge >= 0.3 is 0 Å². The number of hydrogen-bond donors (Lipinski definition) is 1. The first-order valence-corrected chi connectivity index (χ1v) is 4.64. The van der Waals surface area contributed by atoms with E-state index in [0.29, 0.717) is 17.4 Å². The highest BCUT2D eigenvalue weighted by atomic mass is 16.5. The number of nitrogens with zero attached hydrogens (tertiary/aromatic N) is 1. The Balaban J connectivity index is 2.22. The molecule has 0 spiro atoms. The summed E-state index contributed by atoms with van der Waals surface area (Å²) in [5.41, 5.74) is 0.502. The van der Waals surface area contributed by atoms with E-state index in [2.05, 4.69) is 10.3 Å². The normalized spacial score (nSPS) is 14.9. The number of ether oxygens (including phenoxy) is 1. The lowest BCUT2D eigenvalue weighted by atomic mass is 10.2. The van der Waals surface area contributed by atoms with Crippen molar-refractivity contribution in [3.05, 3.63) is 24.0 Å². The minimum absolute atomic E-state index is 0.159. The lowest BCUT2D eigenvalue weighted by Crippen LogP contribution is -2.19. The zero-order valence-electron chi connectivity index (χ0n) is 7.99. The Bertz CT molecular complexity index is 348. The molecule has 0 saturated heterocycles. The zero-order chi connectivity index (χ0) is 9.97. The van der Waals surface area contributed by atoms with Gasteiger partial charge in [0.15, 0.2) is 0 Å². The summed E-state index contributed by atoms with van der Waals surface area (Å²) in [5, 5.41) is 2.56. The Kier molecular flexibility index (Phi) is 2.35. The van der Waals surface area contributed by atoms with Crippen LogP contribution in [0.5, 0.6) is 5.75 Å². The average Bonchev–Trinajstić information content (AvgIpc) is 3.01. The van der Waals surface area contributed by atoms with Crippen LogP contribution in [0.2, 0.25) is 0 Å². The third-order valence-corrected chi connectivity index (χ3v) is 2.07. The molecule has 1 aliphatic carbocycles. The summed E-state index contributed by atoms with van der Waals surface area (Å²) in [6, 6.07) is 1.73. The summed E-state index contributed by atoms with van der Waals surface area (Å²) < 4.78 is 5.58. The van der Waals surface area contributed by atoms with Crippen molar-refractivity contribution in [1.82, 2.24) is 10.3 Å². The van der Waals surface area contributed by atoms with Crippen LogP contribution < -0.4 is 10.1 Å². The van der Waals surface area contributed by atoms with E-state index < -0.39 is 0 Å². The van der Waals surface area contributed by atoms with Gasteiger partial charge in [-0.15, -0.1) is 0 Å². The van der Waals surface area contributed by atoms with E-state index in [1.807, 2.05) is 0 Å². The summed E-state index contributed by atoms with van der Waals surface area (Å²) in [6.07, 6.45) is 5.60. The Hall–Kier alpha value is -1.58. The summed E-state index contributed by atoms with van der Waals surface area (Å²) in [6.45, 7) is 0. The summed E-state index contributed by atoms with van der Waals surface area (Å²) in [4.78, 5) is 15.3. The SMILES string of the molecule is CNC(=O)c1cnccc1OC1CC1. The molecule has 1 aromatic heterocycles. The van der Waals surface area contributed by atoms with E-state index in [1.165, 1.54) is 6.20 Å². The minimum atomic E-state index is -0.159. The van der Waals surface area contributed by atoms with Crippen LogP contribution in [0, 0.1) is 0 Å². The van der Waals surface area contributed by atoms with Crippen LogP contribution in [-0.4, -0.2) is 24.0 Å². The third-order valence-electron chi connectivity index (χ3n) is 2.07. The van der Waals surface area contributed by atoms with Crippen LogP contribution in [0.15, 0.2) is 18.5 Å². The molecule has 1 saturated carbocycles. The molecule has 1 heterocycles. The molecule has 4 nitrogen and oxygen atoms in total. The quantitative estimate of drug-likeness (QED) is 0.776. The molecular weight excluding hydrogens is 180 g/mol. The summed E-state index contributed by atoms with van der Waals surface area (Å²) in [7, 11) is 1.59. The smallest absolute Gasteiger partial charge is 0.256 e. The average molecular weight is 192 g/mol. The van der Waals surface area contributed by atoms with Gasteiger partial charge in [0.05, 0.1) is 11.7 Å². The second kappa shape index (κ2) is 3.65. The molecule has 0 atom stereocenters. The largest absolute Gasteiger partial charge is 0.489 e. The Morgan fingerprint density at radius 2 is 2.43 bits per heavy atom. The standard InChI is InChI=1S/C10H12N2O2/c1-11-10(13)8-6-12-5-4-9(8)14-7-2-3-7/h4-7H,2-3H2,1H3,(H,11,13). The highest BCUT2D eigenvalue weighted by Gasteiger charge is 2.25. The fourth-order valence-corrected chi connectivity index (χ4v) is 1.16. The van der Waals surface area contributed by atoms with Crippen molar-refractivity contribution in [3.63, 3.8) is 0 Å². The van der Waals surface area contributed by atoms with Crippen LogP contribution >= 0.6 is 0 Å². The molecule has 0 radical (unpaired) electrons. The molecule has 1 aliphatic rings. The number of carbonyl (C=O) groups excluding carboxylic acids is 1. The van der Waals surface area contributed by atoms with Crippen molar-refractivity contribution < 1.29 is 9.53 Å². The summed E-state index contributed by atoms with van der Waals surface area (Å²) in [5.74, 6) is 0.468. The van der Waals surface area contributed by atoms with Gasteiger partial charge in [0, 0.05) is 19.4 Å². The van der Waals surface area contributed by atoms with E-state index in [-0.39, 0.29) is 5.91 Å². The van der Waals surface area contributed by atoms with Gasteiger partial charge in [0.25, 0.3) is 5.91 Å². The molecular formula is C10H12N2O2. The van der Waals surface area contributed by atoms with Gasteiger partial charge in [-0.05, 0) is 18.9 Å². The third kappa shape index (κ3) is 1.84. The lowest BCUT2D eigenvalue weighted by molar-refractivity contribution is 0.0958. The molecule has 1 fully saturated rings. The highest BCUT2D eigenvalue weighted by Crippen LogP contribution is 2.28. The van der Waals surface area contributed by atoms with Gasteiger partial charge in [-0.2, -0.15) is 0 Å². The van der Waals surface area contributed by atoms with Crippen molar-refractivity contribution in [2.24, 2.45) is 0 Å². The number of carbonyl (C=O) groups is 1. The maximum absolute atomic E-state index is 11.4. The molecule has 1 aromatic rings. The number of pyridine rings is 1. The molecule has 2 rings (SSSR count). The Morgan fingerprint density at radius 1 is 1.64 bits per heavy atom. The molecule has 0 aromatic carbocycles. The van der Waals surface area contributed by atoms with Gasteiger partial charge in [-0.3, -0.25) is 9.78 Å². The van der Waals surface area contributed by atoms with E-state index in [4.69, 9.17) is 4.74 Å². The number of aromatic nitrogens is 1. The maximum Gasteiger partial charge on any atom is 0.256 e. The Labute approximate surface area is 82.3 Å². The molecule has 4 heteroatoms. The van der Waals surface area contributed by atoms with Gasteiger partial charge < -0.3 is 10.1 Å². The van der Waals surface area contributed by atoms with Crippen molar-refractivity contribution >= 4 is 5.91 Å². The van der Waals surface area contributed by atoms with Crippen molar-refractivity contribution in [2.45, 2.75) is 18.9 Å². The molecule has 1 N–H and O–H groups in total. The van der Waals surface area contributed by atoms with Gasteiger partial charge in [-0.25, -0.2) is 0 Å². The number of rotatable bonds is 3. The molecule has 1 amide bonds. The van der Waals surface area contributed by atoms with Crippen molar-refractivity contribution in [3.8, 4) is 5.75 Å². The first kappa shape index (κ1) is 8.99. The molecule has 0 unspecified atom stereocenters. The van der Waals surface area contributed by atoms with Crippen molar-refractivity contribution in [1.29, 1.82) is 0 Å². The molecule has 0 bridgehead atoms. The van der Waals surface area contributed by atoms with Gasteiger partial charge in [0.2, 0.25) is 0 Å². The first-order valence-electron chi connectivity index (χ1n) is 4.64. The second-order valence-corrected chi connectivity index (χ2v) is 3.27. The maximum atomic E-state index is 11.4. The molecule has 74 valence electrons. The Morgan fingerprint density at radius 3 is 3.07 bits per heavy atom. The fourth-order valence-electron chi connectivity index (χ4n) is 1.16. The number of amides is 1. The van der Waals surface area contributed by atoms with E-state index >= 15 is 0 Å². The van der Waals surface area contributed by atoms with E-state index in [1.54, 1.807) is 19.3 Å². The van der Waals surface area contributed by atoms with Crippen LogP contribution in [0.1, 0.15) is 23.2 Å². The predicted molar refractivity (Wildman–Crippen MR) is 51.3 cm³/mol. The highest BCUT2D eigenvalue weighted by molar-refractivity contribution is 5.96. The monoisotopic (exact) mass is 192 g/mol. The first-order chi connectivity index (χ1) is 6.81. The predicted octanol–water partition coefficient (Wildman–Crippen LogP) is 0.982. The fraction of sp³-hybridized carbons (Fsp3) is 0.400. The van der Waals surface area contributed by atoms with Crippen molar-refractivity contribution in [2.75, 3.05) is 7.05 Å².